The van der Waals surface area contributed by atoms with E-state index in [9.17, 15) is 0 Å². The minimum absolute atomic E-state index is 0.575. The predicted octanol–water partition coefficient (Wildman–Crippen LogP) is 0.849. The molecule has 0 amide bonds. The van der Waals surface area contributed by atoms with E-state index in [4.69, 9.17) is 11.5 Å². The van der Waals surface area contributed by atoms with E-state index in [2.05, 4.69) is 4.98 Å². The molecule has 17 heavy (non-hydrogen) atoms. The fourth-order valence-electron chi connectivity index (χ4n) is 1.69. The average molecular weight is 231 g/mol. The van der Waals surface area contributed by atoms with Gasteiger partial charge in [-0.15, -0.1) is 0 Å². The standard InChI is InChI=1S/C12H17N5/c1-16(9-6-13)12-10(14)4-5-11(15-12)17-7-2-3-8-17/h2-5,7-8H,6,9,13-14H2,1H3. The molecular formula is C12H17N5. The zero-order valence-corrected chi connectivity index (χ0v) is 9.87. The summed E-state index contributed by atoms with van der Waals surface area (Å²) >= 11 is 0. The van der Waals surface area contributed by atoms with Crippen molar-refractivity contribution in [3.63, 3.8) is 0 Å². The molecule has 2 rings (SSSR count). The van der Waals surface area contributed by atoms with Crippen LogP contribution in [0.15, 0.2) is 36.7 Å². The van der Waals surface area contributed by atoms with Gasteiger partial charge in [0.1, 0.15) is 5.82 Å². The van der Waals surface area contributed by atoms with Crippen LogP contribution < -0.4 is 16.4 Å². The lowest BCUT2D eigenvalue weighted by Crippen LogP contribution is -2.26. The molecule has 0 aliphatic rings. The molecule has 5 heteroatoms. The number of nitrogens with two attached hydrogens (primary N) is 2. The monoisotopic (exact) mass is 231 g/mol. The van der Waals surface area contributed by atoms with E-state index < -0.39 is 0 Å². The summed E-state index contributed by atoms with van der Waals surface area (Å²) in [6.07, 6.45) is 3.90. The number of rotatable bonds is 4. The lowest BCUT2D eigenvalue weighted by atomic mass is 10.3. The number of hydrogen-bond acceptors (Lipinski definition) is 4. The zero-order valence-electron chi connectivity index (χ0n) is 9.87. The minimum atomic E-state index is 0.575. The molecule has 0 aromatic carbocycles. The SMILES string of the molecule is CN(CCN)c1nc(-n2cccc2)ccc1N. The summed E-state index contributed by atoms with van der Waals surface area (Å²) in [5.74, 6) is 1.62. The third-order valence-corrected chi connectivity index (χ3v) is 2.59. The Kier molecular flexibility index (Phi) is 3.30. The summed E-state index contributed by atoms with van der Waals surface area (Å²) in [4.78, 5) is 6.50. The molecule has 0 bridgehead atoms. The molecule has 2 aromatic heterocycles. The highest BCUT2D eigenvalue weighted by Gasteiger charge is 2.08. The summed E-state index contributed by atoms with van der Waals surface area (Å²) in [7, 11) is 1.94. The van der Waals surface area contributed by atoms with E-state index in [1.807, 2.05) is 53.2 Å². The van der Waals surface area contributed by atoms with Gasteiger partial charge >= 0.3 is 0 Å². The quantitative estimate of drug-likeness (QED) is 0.818. The Morgan fingerprint density at radius 2 is 2.00 bits per heavy atom. The van der Waals surface area contributed by atoms with Crippen LogP contribution in [0.25, 0.3) is 5.82 Å². The van der Waals surface area contributed by atoms with Crippen molar-refractivity contribution in [1.29, 1.82) is 0 Å². The number of nitrogen functional groups attached to an aromatic ring is 1. The zero-order chi connectivity index (χ0) is 12.3. The second-order valence-corrected chi connectivity index (χ2v) is 3.88. The van der Waals surface area contributed by atoms with Gasteiger partial charge in [0.25, 0.3) is 0 Å². The van der Waals surface area contributed by atoms with Crippen LogP contribution in [-0.4, -0.2) is 29.7 Å². The van der Waals surface area contributed by atoms with Crippen LogP contribution in [0.2, 0.25) is 0 Å². The molecule has 2 heterocycles. The van der Waals surface area contributed by atoms with Crippen LogP contribution in [-0.2, 0) is 0 Å². The number of hydrogen-bond donors (Lipinski definition) is 2. The van der Waals surface area contributed by atoms with E-state index in [0.29, 0.717) is 12.2 Å². The van der Waals surface area contributed by atoms with Gasteiger partial charge in [-0.2, -0.15) is 0 Å². The topological polar surface area (TPSA) is 73.1 Å². The van der Waals surface area contributed by atoms with Gasteiger partial charge in [0.05, 0.1) is 5.69 Å². The van der Waals surface area contributed by atoms with Crippen molar-refractivity contribution in [3.05, 3.63) is 36.7 Å². The molecule has 5 nitrogen and oxygen atoms in total. The first-order valence-corrected chi connectivity index (χ1v) is 5.53. The molecule has 0 saturated carbocycles. The Hall–Kier alpha value is -2.01. The van der Waals surface area contributed by atoms with Crippen LogP contribution in [0.5, 0.6) is 0 Å². The molecule has 0 fully saturated rings. The molecule has 0 aliphatic heterocycles. The summed E-state index contributed by atoms with van der Waals surface area (Å²) in [6.45, 7) is 1.30. The first kappa shape index (κ1) is 11.5. The van der Waals surface area contributed by atoms with Gasteiger partial charge in [-0.05, 0) is 24.3 Å². The number of pyridine rings is 1. The van der Waals surface area contributed by atoms with Gasteiger partial charge in [-0.3, -0.25) is 0 Å². The lowest BCUT2D eigenvalue weighted by Gasteiger charge is -2.19. The largest absolute Gasteiger partial charge is 0.396 e. The lowest BCUT2D eigenvalue weighted by molar-refractivity contribution is 0.862. The molecule has 0 unspecified atom stereocenters. The van der Waals surface area contributed by atoms with Gasteiger partial charge < -0.3 is 20.9 Å². The maximum atomic E-state index is 5.92. The van der Waals surface area contributed by atoms with E-state index in [-0.39, 0.29) is 0 Å². The third-order valence-electron chi connectivity index (χ3n) is 2.59. The molecule has 0 radical (unpaired) electrons. The van der Waals surface area contributed by atoms with E-state index in [0.717, 1.165) is 18.2 Å². The summed E-state index contributed by atoms with van der Waals surface area (Å²) in [5.41, 5.74) is 12.1. The molecular weight excluding hydrogens is 214 g/mol. The van der Waals surface area contributed by atoms with Crippen molar-refractivity contribution in [1.82, 2.24) is 9.55 Å². The number of aromatic nitrogens is 2. The summed E-state index contributed by atoms with van der Waals surface area (Å²) in [6, 6.07) is 7.68. The van der Waals surface area contributed by atoms with Crippen LogP contribution in [0.1, 0.15) is 0 Å². The van der Waals surface area contributed by atoms with Gasteiger partial charge in [-0.25, -0.2) is 4.98 Å². The fourth-order valence-corrected chi connectivity index (χ4v) is 1.69. The molecule has 0 saturated heterocycles. The van der Waals surface area contributed by atoms with Crippen molar-refractivity contribution in [2.45, 2.75) is 0 Å². The van der Waals surface area contributed by atoms with Crippen LogP contribution >= 0.6 is 0 Å². The average Bonchev–Trinajstić information content (AvgIpc) is 2.83. The van der Waals surface area contributed by atoms with E-state index in [1.165, 1.54) is 0 Å². The molecule has 90 valence electrons. The van der Waals surface area contributed by atoms with E-state index >= 15 is 0 Å². The minimum Gasteiger partial charge on any atom is -0.396 e. The van der Waals surface area contributed by atoms with Crippen LogP contribution in [0.4, 0.5) is 11.5 Å². The van der Waals surface area contributed by atoms with Crippen LogP contribution in [0, 0.1) is 0 Å². The fraction of sp³-hybridized carbons (Fsp3) is 0.250. The van der Waals surface area contributed by atoms with Gasteiger partial charge in [0, 0.05) is 32.5 Å². The number of nitrogens with zero attached hydrogens (tertiary/aromatic N) is 3. The number of anilines is 2. The van der Waals surface area contributed by atoms with Gasteiger partial charge in [-0.1, -0.05) is 0 Å². The number of likely N-dealkylation sites (N-methyl/N-ethyl adjacent to an activating group) is 1. The maximum absolute atomic E-state index is 5.92. The highest BCUT2D eigenvalue weighted by molar-refractivity contribution is 5.64. The van der Waals surface area contributed by atoms with Crippen LogP contribution in [0.3, 0.4) is 0 Å². The molecule has 4 N–H and O–H groups in total. The summed E-state index contributed by atoms with van der Waals surface area (Å²) < 4.78 is 1.94. The van der Waals surface area contributed by atoms with Gasteiger partial charge in [0.2, 0.25) is 0 Å². The second kappa shape index (κ2) is 4.88. The Balaban J connectivity index is 2.36. The molecule has 0 atom stereocenters. The highest BCUT2D eigenvalue weighted by Crippen LogP contribution is 2.20. The normalized spacial score (nSPS) is 10.5. The molecule has 2 aromatic rings. The highest BCUT2D eigenvalue weighted by atomic mass is 15.2. The van der Waals surface area contributed by atoms with Crippen molar-refractivity contribution < 1.29 is 0 Å². The molecule has 0 spiro atoms. The first-order chi connectivity index (χ1) is 8.22. The van der Waals surface area contributed by atoms with Crippen molar-refractivity contribution in [2.75, 3.05) is 30.8 Å². The Bertz CT molecular complexity index is 478. The molecule has 0 aliphatic carbocycles. The second-order valence-electron chi connectivity index (χ2n) is 3.88. The van der Waals surface area contributed by atoms with Crippen molar-refractivity contribution >= 4 is 11.5 Å². The predicted molar refractivity (Wildman–Crippen MR) is 70.3 cm³/mol. The Labute approximate surface area is 101 Å². The van der Waals surface area contributed by atoms with Gasteiger partial charge in [0.15, 0.2) is 5.82 Å². The Morgan fingerprint density at radius 1 is 1.29 bits per heavy atom. The summed E-state index contributed by atoms with van der Waals surface area (Å²) in [5, 5.41) is 0. The smallest absolute Gasteiger partial charge is 0.154 e. The van der Waals surface area contributed by atoms with E-state index in [1.54, 1.807) is 0 Å². The first-order valence-electron chi connectivity index (χ1n) is 5.53. The third kappa shape index (κ3) is 2.39. The Morgan fingerprint density at radius 3 is 2.65 bits per heavy atom. The van der Waals surface area contributed by atoms with Crippen molar-refractivity contribution in [2.24, 2.45) is 5.73 Å². The maximum Gasteiger partial charge on any atom is 0.154 e. The van der Waals surface area contributed by atoms with Crippen molar-refractivity contribution in [3.8, 4) is 5.82 Å².